The fourth-order valence-corrected chi connectivity index (χ4v) is 14.1. The average Bonchev–Trinajstić information content (AvgIpc) is 1.62. The third-order valence-corrected chi connectivity index (χ3v) is 21.1. The predicted octanol–water partition coefficient (Wildman–Crippen LogP) is 19.2. The Morgan fingerprint density at radius 1 is 0.368 bits per heavy atom. The molecule has 5 aromatic carbocycles. The van der Waals surface area contributed by atoms with Gasteiger partial charge in [-0.15, -0.1) is 5.10 Å². The number of aromatic nitrogens is 18. The van der Waals surface area contributed by atoms with E-state index in [9.17, 15) is 101 Å². The average molecular weight is 1980 g/mol. The molecule has 0 aliphatic carbocycles. The fourth-order valence-electron chi connectivity index (χ4n) is 14.1. The summed E-state index contributed by atoms with van der Waals surface area (Å²) in [5.41, 5.74) is 9.68. The fraction of sp³-hybridized carbons (Fsp3) is 0.126. The molecule has 0 saturated carbocycles. The second-order valence-electron chi connectivity index (χ2n) is 30.8. The summed E-state index contributed by atoms with van der Waals surface area (Å²) in [7, 11) is 0. The van der Waals surface area contributed by atoms with Crippen LogP contribution >= 0.6 is 0 Å². The van der Waals surface area contributed by atoms with Gasteiger partial charge in [0.2, 0.25) is 0 Å². The number of pyridine rings is 5. The highest BCUT2D eigenvalue weighted by Crippen LogP contribution is 2.37. The van der Waals surface area contributed by atoms with Gasteiger partial charge in [-0.1, -0.05) is 47.6 Å². The number of amides is 4. The molecule has 0 unspecified atom stereocenters. The number of anilines is 5. The number of rotatable bonds is 18. The van der Waals surface area contributed by atoms with Gasteiger partial charge in [-0.25, -0.2) is 0 Å². The van der Waals surface area contributed by atoms with Gasteiger partial charge in [0.15, 0.2) is 34.8 Å². The number of nitrogens with two attached hydrogens (primary N) is 1. The van der Waals surface area contributed by atoms with Crippen molar-refractivity contribution in [3.63, 3.8) is 0 Å². The van der Waals surface area contributed by atoms with Crippen LogP contribution in [0.3, 0.4) is 0 Å². The number of benzene rings is 5. The van der Waals surface area contributed by atoms with Crippen molar-refractivity contribution in [3.8, 4) is 24.3 Å². The molecule has 0 atom stereocenters. The van der Waals surface area contributed by atoms with E-state index < -0.39 is 83.0 Å². The topological polar surface area (TPSA) is 469 Å². The van der Waals surface area contributed by atoms with Gasteiger partial charge in [0, 0.05) is 64.1 Å². The number of furan rings is 2. The number of halogens is 15. The minimum absolute atomic E-state index is 0.107. The van der Waals surface area contributed by atoms with E-state index >= 15 is 0 Å². The molecule has 6 N–H and O–H groups in total. The van der Waals surface area contributed by atoms with Crippen LogP contribution < -0.4 is 27.0 Å². The van der Waals surface area contributed by atoms with Gasteiger partial charge in [-0.2, -0.15) is 117 Å². The third-order valence-electron chi connectivity index (χ3n) is 21.1. The lowest BCUT2D eigenvalue weighted by atomic mass is 10.1. The molecule has 49 heteroatoms. The van der Waals surface area contributed by atoms with Crippen molar-refractivity contribution in [2.24, 2.45) is 0 Å². The highest BCUT2D eigenvalue weighted by atomic mass is 19.4. The van der Waals surface area contributed by atoms with Crippen LogP contribution in [0.1, 0.15) is 132 Å². The van der Waals surface area contributed by atoms with E-state index in [2.05, 4.69) is 87.0 Å². The summed E-state index contributed by atoms with van der Waals surface area (Å²) in [6, 6.07) is 52.1. The van der Waals surface area contributed by atoms with Gasteiger partial charge in [0.25, 0.3) is 23.6 Å². The summed E-state index contributed by atoms with van der Waals surface area (Å²) < 4.78 is 213. The molecule has 0 spiro atoms. The Labute approximate surface area is 797 Å². The molecule has 19 aromatic rings. The van der Waals surface area contributed by atoms with E-state index in [1.165, 1.54) is 93.8 Å². The second-order valence-corrected chi connectivity index (χ2v) is 30.8. The van der Waals surface area contributed by atoms with E-state index in [4.69, 9.17) is 24.4 Å². The van der Waals surface area contributed by atoms with Crippen LogP contribution in [-0.2, 0) is 63.6 Å². The number of para-hydroxylation sites is 1. The molecule has 19 rings (SSSR count). The van der Waals surface area contributed by atoms with Crippen LogP contribution in [0, 0.1) is 59.2 Å². The second kappa shape index (κ2) is 41.5. The molecule has 0 aliphatic rings. The van der Waals surface area contributed by atoms with E-state index in [0.717, 1.165) is 61.3 Å². The van der Waals surface area contributed by atoms with Crippen LogP contribution in [0.25, 0.3) is 54.5 Å². The van der Waals surface area contributed by atoms with Crippen molar-refractivity contribution < 1.29 is 98.4 Å². The highest BCUT2D eigenvalue weighted by Gasteiger charge is 2.37. The van der Waals surface area contributed by atoms with Crippen molar-refractivity contribution in [2.75, 3.05) is 27.0 Å². The van der Waals surface area contributed by atoms with E-state index in [1.54, 1.807) is 126 Å². The zero-order valence-electron chi connectivity index (χ0n) is 73.6. The lowest BCUT2D eigenvalue weighted by Gasteiger charge is -2.07. The Bertz CT molecular complexity index is 7940. The minimum Gasteiger partial charge on any atom is -0.472 e. The maximum atomic E-state index is 12.7. The predicted molar refractivity (Wildman–Crippen MR) is 481 cm³/mol. The first-order chi connectivity index (χ1) is 68.7. The Hall–Kier alpha value is -19.4. The van der Waals surface area contributed by atoms with Crippen molar-refractivity contribution in [1.82, 2.24) is 89.2 Å². The molecule has 14 heterocycles. The SMILES string of the molecule is Cc1nocc1C(=O)Nc1nn(Cc2ccc(C(F)(F)F)nc2)c2ccc(C#N)cc12.Cc1occc1C(=O)Nc1nn(Cc2ccc(C(F)(F)F)nc2)c2ccc(C#N)cc12.N#Cc1ccc2c(c1)c(N)nn2Cc1ccc(C(F)(F)F)nc1.N#Cc1ccc2c(c1)c(NC(=O)c1ccoc1)nn2Cc1ccc(C(F)(F)F)nc1.O=C(Nc1nn(Cc2ccc(C(F)(F)F)nc2)c2ccccc12)c1cccnn1. The van der Waals surface area contributed by atoms with Crippen LogP contribution in [0.2, 0.25) is 0 Å². The van der Waals surface area contributed by atoms with Crippen molar-refractivity contribution >= 4 is 107 Å². The molecule has 0 aliphatic heterocycles. The Morgan fingerprint density at radius 2 is 0.715 bits per heavy atom. The first-order valence-corrected chi connectivity index (χ1v) is 41.6. The van der Waals surface area contributed by atoms with Crippen molar-refractivity contribution in [2.45, 2.75) is 77.5 Å². The molecule has 0 radical (unpaired) electrons. The molecule has 0 saturated heterocycles. The Kier molecular flexibility index (Phi) is 28.6. The number of alkyl halides is 15. The smallest absolute Gasteiger partial charge is 0.433 e. The highest BCUT2D eigenvalue weighted by molar-refractivity contribution is 6.11. The van der Waals surface area contributed by atoms with Gasteiger partial charge in [0.1, 0.15) is 52.3 Å². The van der Waals surface area contributed by atoms with E-state index in [1.807, 2.05) is 24.3 Å². The molecule has 724 valence electrons. The van der Waals surface area contributed by atoms with Gasteiger partial charge in [0.05, 0.1) is 136 Å². The molecular weight excluding hydrogens is 1920 g/mol. The molecule has 0 fully saturated rings. The van der Waals surface area contributed by atoms with Gasteiger partial charge < -0.3 is 40.4 Å². The Balaban J connectivity index is 0.000000136. The number of nitrogens with one attached hydrogen (secondary N) is 4. The quantitative estimate of drug-likeness (QED) is 0.0498. The number of aryl methyl sites for hydroxylation is 2. The maximum absolute atomic E-state index is 12.7. The Morgan fingerprint density at radius 3 is 1.04 bits per heavy atom. The molecule has 0 bridgehead atoms. The van der Waals surface area contributed by atoms with Gasteiger partial charge in [-0.05, 0) is 181 Å². The van der Waals surface area contributed by atoms with Crippen molar-refractivity contribution in [3.05, 3.63) is 357 Å². The number of nitriles is 4. The van der Waals surface area contributed by atoms with Gasteiger partial charge >= 0.3 is 30.9 Å². The first kappa shape index (κ1) is 99.1. The van der Waals surface area contributed by atoms with Crippen molar-refractivity contribution in [1.29, 1.82) is 21.0 Å². The first-order valence-electron chi connectivity index (χ1n) is 41.6. The van der Waals surface area contributed by atoms with Gasteiger partial charge in [-0.3, -0.25) is 67.5 Å². The largest absolute Gasteiger partial charge is 0.472 e. The summed E-state index contributed by atoms with van der Waals surface area (Å²) in [4.78, 5) is 67.2. The number of carbonyl (C=O) groups is 4. The van der Waals surface area contributed by atoms with E-state index in [-0.39, 0.29) is 67.3 Å². The number of hydrogen-bond donors (Lipinski definition) is 5. The number of hydrogen-bond acceptors (Lipinski definition) is 25. The van der Waals surface area contributed by atoms with Crippen LogP contribution in [-0.4, -0.2) is 113 Å². The number of nitrogen functional groups attached to an aromatic ring is 1. The molecule has 14 aromatic heterocycles. The summed E-state index contributed by atoms with van der Waals surface area (Å²) >= 11 is 0. The molecule has 144 heavy (non-hydrogen) atoms. The summed E-state index contributed by atoms with van der Waals surface area (Å²) in [5, 5.41) is 82.9. The zero-order valence-corrected chi connectivity index (χ0v) is 73.6. The molecular formula is C95H62F15N27O7. The monoisotopic (exact) mass is 1980 g/mol. The van der Waals surface area contributed by atoms with Crippen LogP contribution in [0.5, 0.6) is 0 Å². The lowest BCUT2D eigenvalue weighted by molar-refractivity contribution is -0.142. The number of carbonyl (C=O) groups excluding carboxylic acids is 4. The summed E-state index contributed by atoms with van der Waals surface area (Å²) in [6.45, 7) is 4.02. The standard InChI is InChI=1S/C21H14F3N5O2.C20H13F3N6O2.C20H12F3N5O2.C19H13F3N6O.C15H10F3N5/c1-12-15(6-7-31-12)20(30)27-19-16-8-13(9-25)2-4-17(16)29(28-19)11-14-3-5-18(26-10-14)21(22,23)24;1-11-15(10-31-28-11)19(30)26-18-14-6-12(7-24)2-4-16(14)29(27-18)9-13-3-5-17(25-8-13)20(21,22)23;21-20(22,23)17-4-2-13(9-25-17)10-28-16-3-1-12(8-24)7-15(16)18(27-28)26-19(29)14-5-6-30-11-14;20-19(21,22)16-8-7-12(10-23-16)11-28-15-6-2-1-4-13(15)17(27-28)25-18(29)14-5-3-9-24-26-14;16-15(17,18)13-4-2-10(7-21-13)8-23-12-3-1-9(6-19)5-11(12)14(20)22-23/h2-8,10H,11H2,1H3,(H,27,28,30);2-6,8,10H,9H2,1H3,(H,26,27,30);1-7,9,11H,10H2,(H,26,27,29);1-10H,11H2,(H,25,27,29);1-5,7H,8H2,(H2,20,22). The van der Waals surface area contributed by atoms with E-state index in [0.29, 0.717) is 133 Å². The van der Waals surface area contributed by atoms with Crippen LogP contribution in [0.4, 0.5) is 94.9 Å². The molecule has 34 nitrogen and oxygen atoms in total. The summed E-state index contributed by atoms with van der Waals surface area (Å²) in [5.74, 6) is -0.204. The maximum Gasteiger partial charge on any atom is 0.433 e. The number of nitrogens with zero attached hydrogens (tertiary/aromatic N) is 22. The van der Waals surface area contributed by atoms with Crippen LogP contribution in [0.15, 0.2) is 258 Å². The zero-order chi connectivity index (χ0) is 103. The normalized spacial score (nSPS) is 11.5. The minimum atomic E-state index is -4.53. The number of fused-ring (bicyclic) bond motifs is 5. The third kappa shape index (κ3) is 23.4. The molecule has 4 amide bonds. The summed E-state index contributed by atoms with van der Waals surface area (Å²) in [6.07, 6.45) is -10.1. The lowest BCUT2D eigenvalue weighted by Crippen LogP contribution is -2.15.